The van der Waals surface area contributed by atoms with Gasteiger partial charge in [-0.25, -0.2) is 0 Å². The van der Waals surface area contributed by atoms with Crippen molar-refractivity contribution in [2.45, 2.75) is 0 Å². The van der Waals surface area contributed by atoms with Crippen molar-refractivity contribution in [3.05, 3.63) is 0 Å². The largest absolute Gasteiger partial charge is 2.00 e. The zero-order valence-corrected chi connectivity index (χ0v) is 16.5. The van der Waals surface area contributed by atoms with Crippen LogP contribution in [0.4, 0.5) is 0 Å². The molecule has 15 heteroatoms. The van der Waals surface area contributed by atoms with Crippen LogP contribution in [0.3, 0.4) is 0 Å². The summed E-state index contributed by atoms with van der Waals surface area (Å²) >= 11 is 0. The van der Waals surface area contributed by atoms with E-state index >= 15 is 0 Å². The smallest absolute Gasteiger partial charge is 0.564 e. The molecule has 0 spiro atoms. The number of carbonyl (C=O) groups is 6. The molecule has 0 amide bonds. The number of nitrogens with zero attached hydrogens (tertiary/aromatic N) is 2. The fraction of sp³-hybridized carbons (Fsp3) is 0.500. The molecule has 14 nitrogen and oxygen atoms in total. The molecule has 12 N–H and O–H groups in total. The minimum absolute atomic E-state index is 0. The molecule has 27 heavy (non-hydrogen) atoms. The first-order valence-electron chi connectivity index (χ1n) is 6.74. The van der Waals surface area contributed by atoms with Gasteiger partial charge in [-0.2, -0.15) is 0 Å². The quantitative estimate of drug-likeness (QED) is 0.242. The minimum atomic E-state index is -0.956. The maximum atomic E-state index is 10.3. The van der Waals surface area contributed by atoms with E-state index in [9.17, 15) is 28.8 Å². The van der Waals surface area contributed by atoms with E-state index in [1.165, 1.54) is 0 Å². The normalized spacial score (nSPS) is 9.56. The van der Waals surface area contributed by atoms with Crippen LogP contribution in [-0.2, 0) is 55.0 Å². The van der Waals surface area contributed by atoms with Gasteiger partial charge in [0.1, 0.15) is 0 Å². The summed E-state index contributed by atoms with van der Waals surface area (Å²) in [5.74, 6) is -5.74. The SMILES string of the molecule is O=C([OH2+])CN(CC(=O)[OH2+])CC(=O)[OH2+].O=C([OH2+])CN(CC(=O)[OH2+])CC(=O)[OH2+].[Zr+2]. The van der Waals surface area contributed by atoms with Crippen molar-refractivity contribution in [1.29, 1.82) is 0 Å². The zero-order chi connectivity index (χ0) is 20.9. The maximum Gasteiger partial charge on any atom is 2.00 e. The summed E-state index contributed by atoms with van der Waals surface area (Å²) in [7, 11) is 0. The molecule has 0 unspecified atom stereocenters. The number of hydrogen-bond acceptors (Lipinski definition) is 8. The third-order valence-corrected chi connectivity index (χ3v) is 2.20. The molecule has 0 heterocycles. The Bertz CT molecular complexity index is 428. The van der Waals surface area contributed by atoms with Crippen molar-refractivity contribution in [1.82, 2.24) is 9.80 Å². The summed E-state index contributed by atoms with van der Waals surface area (Å²) in [5.41, 5.74) is 0. The van der Waals surface area contributed by atoms with E-state index in [2.05, 4.69) is 0 Å². The van der Waals surface area contributed by atoms with Crippen LogP contribution in [0.15, 0.2) is 0 Å². The summed E-state index contributed by atoms with van der Waals surface area (Å²) in [6.45, 7) is -2.45. The molecule has 0 saturated heterocycles. The third kappa shape index (κ3) is 23.6. The molecule has 0 rings (SSSR count). The fourth-order valence-electron chi connectivity index (χ4n) is 1.55. The number of carbonyl (C=O) groups excluding carboxylic acids is 6. The van der Waals surface area contributed by atoms with Crippen molar-refractivity contribution >= 4 is 35.8 Å². The van der Waals surface area contributed by atoms with E-state index in [0.717, 1.165) is 9.80 Å². The van der Waals surface area contributed by atoms with E-state index in [-0.39, 0.29) is 26.2 Å². The first kappa shape index (κ1) is 29.4. The monoisotopic (exact) mass is 478 g/mol. The van der Waals surface area contributed by atoms with Crippen molar-refractivity contribution in [3.63, 3.8) is 0 Å². The molecule has 0 aliphatic carbocycles. The van der Waals surface area contributed by atoms with Crippen LogP contribution in [0.25, 0.3) is 0 Å². The molecule has 0 radical (unpaired) electrons. The summed E-state index contributed by atoms with van der Waals surface area (Å²) in [5, 5.41) is 39.4. The molecule has 0 aliphatic heterocycles. The second-order valence-corrected chi connectivity index (χ2v) is 4.83. The van der Waals surface area contributed by atoms with Crippen LogP contribution in [-0.4, -0.2) is 116 Å². The molecule has 0 saturated carbocycles. The molecular formula is C12H24N2O12Zr+8. The molecule has 0 fully saturated rings. The second kappa shape index (κ2) is 15.8. The van der Waals surface area contributed by atoms with Gasteiger partial charge in [0, 0.05) is 28.8 Å². The van der Waals surface area contributed by atoms with Crippen molar-refractivity contribution < 1.29 is 85.6 Å². The van der Waals surface area contributed by atoms with Crippen LogP contribution in [0.2, 0.25) is 0 Å². The van der Waals surface area contributed by atoms with Crippen molar-refractivity contribution in [2.75, 3.05) is 39.3 Å². The van der Waals surface area contributed by atoms with Crippen LogP contribution < -0.4 is 0 Å². The Morgan fingerprint density at radius 2 is 0.519 bits per heavy atom. The Balaban J connectivity index is -0.000000411. The van der Waals surface area contributed by atoms with Crippen molar-refractivity contribution in [2.24, 2.45) is 0 Å². The van der Waals surface area contributed by atoms with Gasteiger partial charge in [0.2, 0.25) is 0 Å². The molecule has 0 atom stereocenters. The van der Waals surface area contributed by atoms with Gasteiger partial charge in [-0.3, -0.25) is 9.80 Å². The summed E-state index contributed by atoms with van der Waals surface area (Å²) < 4.78 is 0. The van der Waals surface area contributed by atoms with Gasteiger partial charge in [0.05, 0.1) is 0 Å². The molecule has 0 aromatic rings. The first-order valence-corrected chi connectivity index (χ1v) is 6.74. The average Bonchev–Trinajstić information content (AvgIpc) is 2.33. The van der Waals surface area contributed by atoms with Gasteiger partial charge >= 0.3 is 62.0 Å². The van der Waals surface area contributed by atoms with Crippen molar-refractivity contribution in [3.8, 4) is 0 Å². The van der Waals surface area contributed by atoms with Gasteiger partial charge in [0.15, 0.2) is 39.3 Å². The van der Waals surface area contributed by atoms with E-state index in [4.69, 9.17) is 30.6 Å². The van der Waals surface area contributed by atoms with E-state index in [1.54, 1.807) is 0 Å². The average molecular weight is 480 g/mol. The summed E-state index contributed by atoms with van der Waals surface area (Å²) in [6.07, 6.45) is 0. The van der Waals surface area contributed by atoms with Gasteiger partial charge in [0.25, 0.3) is 0 Å². The van der Waals surface area contributed by atoms with E-state index in [1.807, 2.05) is 0 Å². The minimum Gasteiger partial charge on any atom is -0.564 e. The standard InChI is InChI=1S/2C6H9NO6.Zr/c2*8-4(9)1-7(2-5(10)11)3-6(12)13;/h2*1-3H2,(H,8,9)(H,10,11)(H,12,13);/q;;+2/p+6. The Labute approximate surface area is 170 Å². The second-order valence-electron chi connectivity index (χ2n) is 4.83. The van der Waals surface area contributed by atoms with Crippen LogP contribution in [0, 0.1) is 0 Å². The maximum absolute atomic E-state index is 10.3. The topological polar surface area (TPSA) is 246 Å². The van der Waals surface area contributed by atoms with Crippen LogP contribution >= 0.6 is 0 Å². The first-order chi connectivity index (χ1) is 11.8. The molecular weight excluding hydrogens is 455 g/mol. The fourth-order valence-corrected chi connectivity index (χ4v) is 1.55. The van der Waals surface area contributed by atoms with Crippen LogP contribution in [0.1, 0.15) is 0 Å². The van der Waals surface area contributed by atoms with E-state index < -0.39 is 75.1 Å². The van der Waals surface area contributed by atoms with Gasteiger partial charge in [-0.15, -0.1) is 0 Å². The third-order valence-electron chi connectivity index (χ3n) is 2.20. The Kier molecular flexibility index (Phi) is 17.2. The predicted octanol–water partition coefficient (Wildman–Crippen LogP) is -7.92. The predicted molar refractivity (Wildman–Crippen MR) is 84.6 cm³/mol. The summed E-state index contributed by atoms with van der Waals surface area (Å²) in [4.78, 5) is 63.8. The Hall–Kier alpha value is -2.38. The molecule has 0 aromatic heterocycles. The number of hydrogen-bond donors (Lipinski definition) is 0. The van der Waals surface area contributed by atoms with Gasteiger partial charge in [-0.05, 0) is 0 Å². The van der Waals surface area contributed by atoms with Gasteiger partial charge < -0.3 is 30.6 Å². The molecule has 0 aromatic carbocycles. The molecule has 0 bridgehead atoms. The number of rotatable bonds is 12. The molecule has 0 aliphatic rings. The Morgan fingerprint density at radius 1 is 0.407 bits per heavy atom. The Morgan fingerprint density at radius 3 is 0.593 bits per heavy atom. The zero-order valence-electron chi connectivity index (χ0n) is 14.1. The summed E-state index contributed by atoms with van der Waals surface area (Å²) in [6, 6.07) is 0. The van der Waals surface area contributed by atoms with E-state index in [0.29, 0.717) is 0 Å². The van der Waals surface area contributed by atoms with Crippen LogP contribution in [0.5, 0.6) is 0 Å². The van der Waals surface area contributed by atoms with Gasteiger partial charge in [-0.1, -0.05) is 0 Å². The molecule has 150 valence electrons.